The van der Waals surface area contributed by atoms with Gasteiger partial charge in [-0.2, -0.15) is 5.26 Å². The Kier molecular flexibility index (Phi) is 6.00. The number of rotatable bonds is 6. The van der Waals surface area contributed by atoms with Gasteiger partial charge in [0.1, 0.15) is 11.9 Å². The zero-order valence-corrected chi connectivity index (χ0v) is 16.1. The molecule has 0 aliphatic rings. The zero-order valence-electron chi connectivity index (χ0n) is 15.3. The molecule has 27 heavy (non-hydrogen) atoms. The molecule has 3 rings (SSSR count). The molecule has 3 aromatic rings. The minimum atomic E-state index is 0.580. The Balaban J connectivity index is 1.67. The number of pyridine rings is 1. The van der Waals surface area contributed by atoms with Crippen molar-refractivity contribution >= 4 is 17.4 Å². The molecule has 1 N–H and O–H groups in total. The van der Waals surface area contributed by atoms with Crippen LogP contribution in [-0.2, 0) is 6.42 Å². The highest BCUT2D eigenvalue weighted by atomic mass is 35.5. The Morgan fingerprint density at radius 2 is 1.93 bits per heavy atom. The molecule has 0 atom stereocenters. The van der Waals surface area contributed by atoms with Crippen molar-refractivity contribution in [1.82, 2.24) is 15.0 Å². The summed E-state index contributed by atoms with van der Waals surface area (Å²) in [5.74, 6) is 1.45. The lowest BCUT2D eigenvalue weighted by atomic mass is 10.1. The molecule has 2 aromatic heterocycles. The molecule has 6 heteroatoms. The molecule has 0 saturated heterocycles. The summed E-state index contributed by atoms with van der Waals surface area (Å²) in [6.45, 7) is 4.75. The molecule has 0 aliphatic carbocycles. The Bertz CT molecular complexity index is 977. The number of nitriles is 1. The number of hydrogen-bond donors (Lipinski definition) is 1. The molecule has 0 aliphatic heterocycles. The van der Waals surface area contributed by atoms with Crippen LogP contribution in [0.15, 0.2) is 42.6 Å². The fourth-order valence-electron chi connectivity index (χ4n) is 2.68. The van der Waals surface area contributed by atoms with Gasteiger partial charge in [-0.1, -0.05) is 23.7 Å². The topological polar surface area (TPSA) is 74.5 Å². The lowest BCUT2D eigenvalue weighted by molar-refractivity contribution is 0.830. The zero-order chi connectivity index (χ0) is 19.2. The van der Waals surface area contributed by atoms with Gasteiger partial charge in [-0.3, -0.25) is 4.98 Å². The summed E-state index contributed by atoms with van der Waals surface area (Å²) in [6, 6.07) is 13.4. The Morgan fingerprint density at radius 1 is 1.11 bits per heavy atom. The molecule has 136 valence electrons. The van der Waals surface area contributed by atoms with E-state index in [-0.39, 0.29) is 0 Å². The quantitative estimate of drug-likeness (QED) is 0.629. The maximum absolute atomic E-state index is 8.82. The van der Waals surface area contributed by atoms with Crippen molar-refractivity contribution in [3.05, 3.63) is 70.1 Å². The maximum Gasteiger partial charge on any atom is 0.163 e. The van der Waals surface area contributed by atoms with Crippen LogP contribution in [0.5, 0.6) is 0 Å². The van der Waals surface area contributed by atoms with Gasteiger partial charge < -0.3 is 5.32 Å². The van der Waals surface area contributed by atoms with Gasteiger partial charge in [0.2, 0.25) is 0 Å². The van der Waals surface area contributed by atoms with Crippen molar-refractivity contribution < 1.29 is 0 Å². The normalized spacial score (nSPS) is 10.4. The molecule has 2 heterocycles. The lowest BCUT2D eigenvalue weighted by Gasteiger charge is -2.13. The van der Waals surface area contributed by atoms with Crippen molar-refractivity contribution in [1.29, 1.82) is 5.26 Å². The largest absolute Gasteiger partial charge is 0.370 e. The van der Waals surface area contributed by atoms with Gasteiger partial charge in [0.05, 0.1) is 10.6 Å². The summed E-state index contributed by atoms with van der Waals surface area (Å²) in [5.41, 5.74) is 4.34. The van der Waals surface area contributed by atoms with Crippen LogP contribution >= 0.6 is 11.6 Å². The van der Waals surface area contributed by atoms with Crippen LogP contribution in [0.4, 0.5) is 5.82 Å². The maximum atomic E-state index is 8.82. The SMILES string of the molecule is Cc1nc(-c2ccccc2Cl)nc(NCCCc2ccc(C#N)cn2)c1C. The molecular weight excluding hydrogens is 358 g/mol. The smallest absolute Gasteiger partial charge is 0.163 e. The third-order valence-electron chi connectivity index (χ3n) is 4.36. The molecule has 0 spiro atoms. The lowest BCUT2D eigenvalue weighted by Crippen LogP contribution is -2.09. The van der Waals surface area contributed by atoms with Crippen molar-refractivity contribution in [3.63, 3.8) is 0 Å². The number of aromatic nitrogens is 3. The van der Waals surface area contributed by atoms with E-state index in [0.717, 1.165) is 47.7 Å². The van der Waals surface area contributed by atoms with E-state index in [1.165, 1.54) is 0 Å². The van der Waals surface area contributed by atoms with Crippen LogP contribution in [-0.4, -0.2) is 21.5 Å². The standard InChI is InChI=1S/C21H20ClN5/c1-14-15(2)26-21(18-7-3-4-8-19(18)22)27-20(14)24-11-5-6-17-10-9-16(12-23)13-25-17/h3-4,7-10,13H,5-6,11H2,1-2H3,(H,24,26,27). The number of nitrogens with one attached hydrogen (secondary N) is 1. The summed E-state index contributed by atoms with van der Waals surface area (Å²) in [6.07, 6.45) is 3.35. The van der Waals surface area contributed by atoms with E-state index in [1.54, 1.807) is 12.3 Å². The predicted octanol–water partition coefficient (Wildman–Crippen LogP) is 4.73. The number of aryl methyl sites for hydroxylation is 2. The second kappa shape index (κ2) is 8.61. The monoisotopic (exact) mass is 377 g/mol. The number of nitrogens with zero attached hydrogens (tertiary/aromatic N) is 4. The van der Waals surface area contributed by atoms with Crippen LogP contribution in [0.2, 0.25) is 5.02 Å². The van der Waals surface area contributed by atoms with E-state index in [0.29, 0.717) is 16.4 Å². The van der Waals surface area contributed by atoms with E-state index >= 15 is 0 Å². The summed E-state index contributed by atoms with van der Waals surface area (Å²) in [5, 5.41) is 12.9. The summed E-state index contributed by atoms with van der Waals surface area (Å²) in [4.78, 5) is 13.6. The van der Waals surface area contributed by atoms with Crippen LogP contribution in [0.1, 0.15) is 28.9 Å². The molecule has 0 saturated carbocycles. The Labute approximate surface area is 164 Å². The van der Waals surface area contributed by atoms with E-state index in [9.17, 15) is 0 Å². The fourth-order valence-corrected chi connectivity index (χ4v) is 2.90. The predicted molar refractivity (Wildman–Crippen MR) is 108 cm³/mol. The average molecular weight is 378 g/mol. The van der Waals surface area contributed by atoms with Crippen LogP contribution in [0.3, 0.4) is 0 Å². The molecule has 0 radical (unpaired) electrons. The first-order chi connectivity index (χ1) is 13.1. The number of halogens is 1. The Morgan fingerprint density at radius 3 is 2.63 bits per heavy atom. The number of benzene rings is 1. The molecule has 0 fully saturated rings. The third kappa shape index (κ3) is 4.60. The second-order valence-electron chi connectivity index (χ2n) is 6.27. The van der Waals surface area contributed by atoms with Gasteiger partial charge in [-0.25, -0.2) is 9.97 Å². The van der Waals surface area contributed by atoms with Crippen molar-refractivity contribution in [2.24, 2.45) is 0 Å². The molecule has 1 aromatic carbocycles. The molecular formula is C21H20ClN5. The minimum absolute atomic E-state index is 0.580. The second-order valence-corrected chi connectivity index (χ2v) is 6.67. The first-order valence-electron chi connectivity index (χ1n) is 8.77. The number of hydrogen-bond acceptors (Lipinski definition) is 5. The van der Waals surface area contributed by atoms with Gasteiger partial charge in [-0.05, 0) is 51.0 Å². The number of anilines is 1. The van der Waals surface area contributed by atoms with Gasteiger partial charge in [0.15, 0.2) is 5.82 Å². The summed E-state index contributed by atoms with van der Waals surface area (Å²) in [7, 11) is 0. The first kappa shape index (κ1) is 18.8. The van der Waals surface area contributed by atoms with Crippen molar-refractivity contribution in [2.75, 3.05) is 11.9 Å². The fraction of sp³-hybridized carbons (Fsp3) is 0.238. The van der Waals surface area contributed by atoms with Crippen LogP contribution < -0.4 is 5.32 Å². The van der Waals surface area contributed by atoms with E-state index in [1.807, 2.05) is 44.2 Å². The highest BCUT2D eigenvalue weighted by Crippen LogP contribution is 2.27. The average Bonchev–Trinajstić information content (AvgIpc) is 2.69. The van der Waals surface area contributed by atoms with Crippen LogP contribution in [0.25, 0.3) is 11.4 Å². The van der Waals surface area contributed by atoms with Gasteiger partial charge in [-0.15, -0.1) is 0 Å². The van der Waals surface area contributed by atoms with Crippen LogP contribution in [0, 0.1) is 25.2 Å². The summed E-state index contributed by atoms with van der Waals surface area (Å²) < 4.78 is 0. The van der Waals surface area contributed by atoms with E-state index in [4.69, 9.17) is 16.9 Å². The molecule has 0 amide bonds. The molecule has 0 bridgehead atoms. The highest BCUT2D eigenvalue weighted by molar-refractivity contribution is 6.33. The van der Waals surface area contributed by atoms with Gasteiger partial charge in [0, 0.05) is 35.3 Å². The Hall–Kier alpha value is -2.97. The minimum Gasteiger partial charge on any atom is -0.370 e. The highest BCUT2D eigenvalue weighted by Gasteiger charge is 2.11. The molecule has 0 unspecified atom stereocenters. The molecule has 5 nitrogen and oxygen atoms in total. The van der Waals surface area contributed by atoms with Gasteiger partial charge in [0.25, 0.3) is 0 Å². The van der Waals surface area contributed by atoms with E-state index in [2.05, 4.69) is 26.3 Å². The summed E-state index contributed by atoms with van der Waals surface area (Å²) >= 11 is 6.29. The van der Waals surface area contributed by atoms with Crippen molar-refractivity contribution in [3.8, 4) is 17.5 Å². The van der Waals surface area contributed by atoms with E-state index < -0.39 is 0 Å². The van der Waals surface area contributed by atoms with Crippen molar-refractivity contribution in [2.45, 2.75) is 26.7 Å². The first-order valence-corrected chi connectivity index (χ1v) is 9.15. The third-order valence-corrected chi connectivity index (χ3v) is 4.69. The van der Waals surface area contributed by atoms with Gasteiger partial charge >= 0.3 is 0 Å².